The van der Waals surface area contributed by atoms with Crippen molar-refractivity contribution in [3.8, 4) is 0 Å². The first-order chi connectivity index (χ1) is 34.0. The zero-order chi connectivity index (χ0) is 50.0. The molecule has 0 aromatic rings. The number of esters is 3. The zero-order valence-corrected chi connectivity index (χ0v) is 44.8. The Bertz CT molecular complexity index is 1420. The van der Waals surface area contributed by atoms with Gasteiger partial charge in [-0.15, -0.1) is 0 Å². The van der Waals surface area contributed by atoms with Crippen LogP contribution in [0.15, 0.2) is 109 Å². The van der Waals surface area contributed by atoms with Gasteiger partial charge < -0.3 is 14.2 Å². The van der Waals surface area contributed by atoms with Gasteiger partial charge in [-0.05, 0) is 128 Å². The lowest BCUT2D eigenvalue weighted by Crippen LogP contribution is -2.30. The highest BCUT2D eigenvalue weighted by Crippen LogP contribution is 2.13. The Hall–Kier alpha value is -3.93. The van der Waals surface area contributed by atoms with Crippen molar-refractivity contribution >= 4 is 17.9 Å². The fourth-order valence-electron chi connectivity index (χ4n) is 7.41. The van der Waals surface area contributed by atoms with Crippen LogP contribution in [0, 0.1) is 0 Å². The van der Waals surface area contributed by atoms with Crippen molar-refractivity contribution in [2.24, 2.45) is 0 Å². The molecule has 0 radical (unpaired) electrons. The molecule has 0 amide bonds. The van der Waals surface area contributed by atoms with Gasteiger partial charge in [0, 0.05) is 19.3 Å². The van der Waals surface area contributed by atoms with E-state index in [0.29, 0.717) is 19.3 Å². The monoisotopic (exact) mass is 957 g/mol. The van der Waals surface area contributed by atoms with Crippen LogP contribution >= 0.6 is 0 Å². The first-order valence-electron chi connectivity index (χ1n) is 28.4. The number of hydrogen-bond acceptors (Lipinski definition) is 6. The molecule has 6 nitrogen and oxygen atoms in total. The Morgan fingerprint density at radius 3 is 0.928 bits per heavy atom. The van der Waals surface area contributed by atoms with Gasteiger partial charge in [-0.3, -0.25) is 14.4 Å². The van der Waals surface area contributed by atoms with Gasteiger partial charge in [-0.25, -0.2) is 0 Å². The minimum Gasteiger partial charge on any atom is -0.462 e. The maximum atomic E-state index is 12.8. The maximum absolute atomic E-state index is 12.8. The lowest BCUT2D eigenvalue weighted by Gasteiger charge is -2.18. The van der Waals surface area contributed by atoms with Gasteiger partial charge in [0.15, 0.2) is 6.10 Å². The lowest BCUT2D eigenvalue weighted by molar-refractivity contribution is -0.167. The fourth-order valence-corrected chi connectivity index (χ4v) is 7.41. The molecule has 0 aliphatic carbocycles. The van der Waals surface area contributed by atoms with E-state index in [1.165, 1.54) is 103 Å². The van der Waals surface area contributed by atoms with Gasteiger partial charge in [-0.2, -0.15) is 0 Å². The van der Waals surface area contributed by atoms with E-state index in [1.807, 2.05) is 0 Å². The number of unbranched alkanes of at least 4 members (excludes halogenated alkanes) is 21. The minimum absolute atomic E-state index is 0.114. The first kappa shape index (κ1) is 65.1. The van der Waals surface area contributed by atoms with Crippen molar-refractivity contribution in [3.63, 3.8) is 0 Å². The molecule has 0 saturated heterocycles. The molecule has 0 aromatic carbocycles. The van der Waals surface area contributed by atoms with Gasteiger partial charge in [0.1, 0.15) is 13.2 Å². The Morgan fingerprint density at radius 2 is 0.536 bits per heavy atom. The summed E-state index contributed by atoms with van der Waals surface area (Å²) < 4.78 is 16.8. The summed E-state index contributed by atoms with van der Waals surface area (Å²) in [4.78, 5) is 38.1. The van der Waals surface area contributed by atoms with Gasteiger partial charge in [0.05, 0.1) is 0 Å². The molecule has 0 heterocycles. The molecule has 0 aliphatic rings. The van der Waals surface area contributed by atoms with E-state index in [2.05, 4.69) is 130 Å². The van der Waals surface area contributed by atoms with Gasteiger partial charge in [0.2, 0.25) is 0 Å². The van der Waals surface area contributed by atoms with Crippen LogP contribution in [0.1, 0.15) is 252 Å². The van der Waals surface area contributed by atoms with Crippen molar-refractivity contribution in [3.05, 3.63) is 109 Å². The van der Waals surface area contributed by atoms with E-state index in [4.69, 9.17) is 14.2 Å². The molecule has 392 valence electrons. The molecule has 6 heteroatoms. The molecule has 0 spiro atoms. The standard InChI is InChI=1S/C63H104O6/c1-4-7-10-13-16-19-22-25-28-30-31-33-36-39-42-45-48-51-54-57-63(66)69-60(58-67-61(64)55-52-49-46-43-40-37-34-27-24-21-18-15-12-9-6-3)59-68-62(65)56-53-50-47-44-41-38-35-32-29-26-23-20-17-14-11-8-5-2/h16-17,19-20,25-29,31,33-35,38-39,42,44,47,60H,4-15,18,21-24,30,32,36-37,40-41,43,45-46,48-59H2,1-3H3/b19-16-,20-17-,28-25-,29-26-,33-31-,34-27-,38-35-,42-39-,47-44-/t60-/m0/s1. The second kappa shape index (κ2) is 56.7. The van der Waals surface area contributed by atoms with Crippen molar-refractivity contribution in [2.75, 3.05) is 13.2 Å². The van der Waals surface area contributed by atoms with E-state index in [0.717, 1.165) is 96.3 Å². The number of carbonyl (C=O) groups is 3. The van der Waals surface area contributed by atoms with Crippen LogP contribution in [0.2, 0.25) is 0 Å². The second-order valence-electron chi connectivity index (χ2n) is 18.5. The van der Waals surface area contributed by atoms with Crippen molar-refractivity contribution < 1.29 is 28.6 Å². The van der Waals surface area contributed by atoms with E-state index in [9.17, 15) is 14.4 Å². The quantitative estimate of drug-likeness (QED) is 0.0262. The molecule has 0 bridgehead atoms. The van der Waals surface area contributed by atoms with Crippen LogP contribution < -0.4 is 0 Å². The third-order valence-electron chi connectivity index (χ3n) is 11.7. The molecule has 0 rings (SSSR count). The molecular formula is C63H104O6. The summed E-state index contributed by atoms with van der Waals surface area (Å²) in [6, 6.07) is 0. The van der Waals surface area contributed by atoms with Crippen LogP contribution in [0.5, 0.6) is 0 Å². The molecule has 0 aliphatic heterocycles. The number of carbonyl (C=O) groups excluding carboxylic acids is 3. The van der Waals surface area contributed by atoms with Crippen LogP contribution in [0.25, 0.3) is 0 Å². The molecule has 1 atom stereocenters. The minimum atomic E-state index is -0.823. The maximum Gasteiger partial charge on any atom is 0.306 e. The molecule has 0 saturated carbocycles. The molecular weight excluding hydrogens is 853 g/mol. The van der Waals surface area contributed by atoms with Crippen LogP contribution in [0.4, 0.5) is 0 Å². The fraction of sp³-hybridized carbons (Fsp3) is 0.667. The Kier molecular flexibility index (Phi) is 53.4. The molecule has 0 N–H and O–H groups in total. The first-order valence-corrected chi connectivity index (χ1v) is 28.4. The normalized spacial score (nSPS) is 12.9. The number of ether oxygens (including phenoxy) is 3. The highest BCUT2D eigenvalue weighted by molar-refractivity contribution is 5.71. The highest BCUT2D eigenvalue weighted by atomic mass is 16.6. The second-order valence-corrected chi connectivity index (χ2v) is 18.5. The van der Waals surface area contributed by atoms with Crippen molar-refractivity contribution in [1.29, 1.82) is 0 Å². The summed E-state index contributed by atoms with van der Waals surface area (Å²) in [5.74, 6) is -1.01. The average molecular weight is 958 g/mol. The lowest BCUT2D eigenvalue weighted by atomic mass is 10.1. The summed E-state index contributed by atoms with van der Waals surface area (Å²) in [6.45, 7) is 6.49. The highest BCUT2D eigenvalue weighted by Gasteiger charge is 2.19. The van der Waals surface area contributed by atoms with Crippen LogP contribution in [-0.4, -0.2) is 37.2 Å². The topological polar surface area (TPSA) is 78.9 Å². The Morgan fingerprint density at radius 1 is 0.290 bits per heavy atom. The summed E-state index contributed by atoms with van der Waals surface area (Å²) in [7, 11) is 0. The number of hydrogen-bond donors (Lipinski definition) is 0. The van der Waals surface area contributed by atoms with E-state index >= 15 is 0 Å². The molecule has 0 aromatic heterocycles. The Labute approximate surface area is 425 Å². The third-order valence-corrected chi connectivity index (χ3v) is 11.7. The van der Waals surface area contributed by atoms with Gasteiger partial charge in [-0.1, -0.05) is 214 Å². The SMILES string of the molecule is CCCCC/C=C\C/C=C\C/C=C\C/C=C\CCCCCC(=O)O[C@H](COC(=O)CCC/C=C\C/C=C\C/C=C\C/C=C\CCCCC)COC(=O)CCCCCCC/C=C\CCCCCCCC. The summed E-state index contributed by atoms with van der Waals surface area (Å²) in [5, 5.41) is 0. The van der Waals surface area contributed by atoms with E-state index in [-0.39, 0.29) is 44.0 Å². The van der Waals surface area contributed by atoms with E-state index < -0.39 is 6.10 Å². The zero-order valence-electron chi connectivity index (χ0n) is 44.8. The van der Waals surface area contributed by atoms with E-state index in [1.54, 1.807) is 0 Å². The number of allylic oxidation sites excluding steroid dienone is 18. The van der Waals surface area contributed by atoms with Gasteiger partial charge in [0.25, 0.3) is 0 Å². The predicted octanol–water partition coefficient (Wildman–Crippen LogP) is 19.1. The summed E-state index contributed by atoms with van der Waals surface area (Å²) in [5.41, 5.74) is 0. The van der Waals surface area contributed by atoms with Crippen molar-refractivity contribution in [2.45, 2.75) is 258 Å². The summed E-state index contributed by atoms with van der Waals surface area (Å²) in [6.07, 6.45) is 76.5. The average Bonchev–Trinajstić information content (AvgIpc) is 3.35. The van der Waals surface area contributed by atoms with Crippen molar-refractivity contribution in [1.82, 2.24) is 0 Å². The molecule has 0 fully saturated rings. The predicted molar refractivity (Wildman–Crippen MR) is 297 cm³/mol. The van der Waals surface area contributed by atoms with Gasteiger partial charge >= 0.3 is 17.9 Å². The summed E-state index contributed by atoms with van der Waals surface area (Å²) >= 11 is 0. The Balaban J connectivity index is 4.56. The third kappa shape index (κ3) is 54.9. The largest absolute Gasteiger partial charge is 0.462 e. The van der Waals surface area contributed by atoms with Crippen LogP contribution in [0.3, 0.4) is 0 Å². The molecule has 0 unspecified atom stereocenters. The van der Waals surface area contributed by atoms with Crippen LogP contribution in [-0.2, 0) is 28.6 Å². The smallest absolute Gasteiger partial charge is 0.306 e. The molecule has 69 heavy (non-hydrogen) atoms. The number of rotatable bonds is 50.